The lowest BCUT2D eigenvalue weighted by Gasteiger charge is -2.32. The number of aromatic nitrogens is 2. The normalized spacial score (nSPS) is 18.5. The summed E-state index contributed by atoms with van der Waals surface area (Å²) < 4.78 is 20.2. The molecule has 0 bridgehead atoms. The Morgan fingerprint density at radius 2 is 2.14 bits per heavy atom. The van der Waals surface area contributed by atoms with Gasteiger partial charge in [-0.15, -0.1) is 0 Å². The minimum Gasteiger partial charge on any atom is -0.491 e. The van der Waals surface area contributed by atoms with Gasteiger partial charge in [0.05, 0.1) is 12.0 Å². The molecule has 4 rings (SSSR count). The number of benzene rings is 1. The third-order valence-corrected chi connectivity index (χ3v) is 5.68. The molecule has 150 valence electrons. The Morgan fingerprint density at radius 1 is 1.36 bits per heavy atom. The van der Waals surface area contributed by atoms with Crippen molar-refractivity contribution in [2.24, 2.45) is 5.92 Å². The third kappa shape index (κ3) is 4.21. The maximum Gasteiger partial charge on any atom is 0.253 e. The Bertz CT molecular complexity index is 857. The fraction of sp³-hybridized carbons (Fsp3) is 0.545. The molecule has 0 saturated heterocycles. The average molecular weight is 385 g/mol. The molecule has 2 fully saturated rings. The molecule has 2 aromatic rings. The van der Waals surface area contributed by atoms with Crippen molar-refractivity contribution in [3.05, 3.63) is 47.5 Å². The lowest BCUT2D eigenvalue weighted by Crippen LogP contribution is -2.48. The van der Waals surface area contributed by atoms with Gasteiger partial charge in [0.1, 0.15) is 24.7 Å². The van der Waals surface area contributed by atoms with Gasteiger partial charge in [-0.3, -0.25) is 4.79 Å². The highest BCUT2D eigenvalue weighted by atomic mass is 19.1. The molecule has 5 nitrogen and oxygen atoms in total. The topological polar surface area (TPSA) is 56.2 Å². The average Bonchev–Trinajstić information content (AvgIpc) is 3.60. The maximum absolute atomic E-state index is 13.1. The van der Waals surface area contributed by atoms with Crippen LogP contribution < -0.4 is 10.1 Å². The smallest absolute Gasteiger partial charge is 0.253 e. The molecule has 28 heavy (non-hydrogen) atoms. The highest BCUT2D eigenvalue weighted by Gasteiger charge is 2.36. The lowest BCUT2D eigenvalue weighted by atomic mass is 10.0. The third-order valence-electron chi connectivity index (χ3n) is 5.68. The monoisotopic (exact) mass is 385 g/mol. The molecule has 0 unspecified atom stereocenters. The number of carbonyl (C=O) groups excluding carboxylic acids is 1. The molecular weight excluding hydrogens is 357 g/mol. The lowest BCUT2D eigenvalue weighted by molar-refractivity contribution is 0.0839. The summed E-state index contributed by atoms with van der Waals surface area (Å²) in [5.41, 5.74) is 2.01. The first-order valence-corrected chi connectivity index (χ1v) is 10.1. The number of rotatable bonds is 9. The first kappa shape index (κ1) is 19.0. The number of imidazole rings is 1. The van der Waals surface area contributed by atoms with Crippen molar-refractivity contribution < 1.29 is 13.9 Å². The van der Waals surface area contributed by atoms with E-state index in [0.29, 0.717) is 23.1 Å². The van der Waals surface area contributed by atoms with Gasteiger partial charge in [0, 0.05) is 11.8 Å². The van der Waals surface area contributed by atoms with E-state index >= 15 is 0 Å². The highest BCUT2D eigenvalue weighted by molar-refractivity contribution is 5.95. The molecule has 1 aromatic carbocycles. The second kappa shape index (κ2) is 7.57. The molecule has 1 N–H and O–H groups in total. The fourth-order valence-electron chi connectivity index (χ4n) is 3.79. The van der Waals surface area contributed by atoms with Crippen molar-refractivity contribution in [1.29, 1.82) is 0 Å². The van der Waals surface area contributed by atoms with Gasteiger partial charge >= 0.3 is 0 Å². The summed E-state index contributed by atoms with van der Waals surface area (Å²) in [4.78, 5) is 17.4. The minimum absolute atomic E-state index is 0.0124. The van der Waals surface area contributed by atoms with Crippen LogP contribution in [0.5, 0.6) is 5.75 Å². The fourth-order valence-corrected chi connectivity index (χ4v) is 3.79. The largest absolute Gasteiger partial charge is 0.491 e. The molecule has 0 radical (unpaired) electrons. The zero-order valence-corrected chi connectivity index (χ0v) is 16.6. The molecule has 2 aliphatic carbocycles. The van der Waals surface area contributed by atoms with Gasteiger partial charge in [-0.2, -0.15) is 0 Å². The van der Waals surface area contributed by atoms with Crippen molar-refractivity contribution in [3.8, 4) is 5.75 Å². The van der Waals surface area contributed by atoms with E-state index in [2.05, 4.69) is 10.3 Å². The summed E-state index contributed by atoms with van der Waals surface area (Å²) in [5.74, 6) is 1.59. The number of amides is 1. The Balaban J connectivity index is 1.56. The maximum atomic E-state index is 13.1. The van der Waals surface area contributed by atoms with E-state index in [0.717, 1.165) is 30.5 Å². The van der Waals surface area contributed by atoms with Crippen LogP contribution in [0.2, 0.25) is 0 Å². The number of nitrogens with one attached hydrogen (secondary N) is 1. The van der Waals surface area contributed by atoms with E-state index in [-0.39, 0.29) is 12.5 Å². The summed E-state index contributed by atoms with van der Waals surface area (Å²) in [7, 11) is 0. The van der Waals surface area contributed by atoms with E-state index in [1.807, 2.05) is 36.7 Å². The quantitative estimate of drug-likeness (QED) is 0.699. The van der Waals surface area contributed by atoms with Crippen LogP contribution in [-0.2, 0) is 5.66 Å². The number of aryl methyl sites for hydroxylation is 1. The molecule has 0 spiro atoms. The molecule has 1 heterocycles. The van der Waals surface area contributed by atoms with Crippen LogP contribution in [0, 0.1) is 12.8 Å². The molecule has 1 aromatic heterocycles. The summed E-state index contributed by atoms with van der Waals surface area (Å²) in [6, 6.07) is 5.57. The van der Waals surface area contributed by atoms with E-state index < -0.39 is 12.3 Å². The summed E-state index contributed by atoms with van der Waals surface area (Å²) >= 11 is 0. The highest BCUT2D eigenvalue weighted by Crippen LogP contribution is 2.44. The molecule has 6 heteroatoms. The van der Waals surface area contributed by atoms with Gasteiger partial charge in [-0.1, -0.05) is 18.9 Å². The Morgan fingerprint density at radius 3 is 2.75 bits per heavy atom. The standard InChI is InChI=1S/C22H28FN3O2/c1-15-13-26(14-24-15)22(2,12-16-3-4-16)25-21(27)18-7-8-19(17-5-6-17)20(11-18)28-10-9-23/h7-8,11,13-14,16-17H,3-6,9-10,12H2,1-2H3,(H,25,27)/t22-/m0/s1. The molecule has 2 aliphatic rings. The Hall–Kier alpha value is -2.37. The molecule has 2 saturated carbocycles. The number of ether oxygens (including phenoxy) is 1. The van der Waals surface area contributed by atoms with Gasteiger partial charge in [-0.05, 0) is 62.6 Å². The van der Waals surface area contributed by atoms with Gasteiger partial charge in [-0.25, -0.2) is 9.37 Å². The van der Waals surface area contributed by atoms with Crippen molar-refractivity contribution in [2.45, 2.75) is 57.5 Å². The predicted octanol–water partition coefficient (Wildman–Crippen LogP) is 4.32. The van der Waals surface area contributed by atoms with Crippen LogP contribution in [0.1, 0.15) is 66.6 Å². The van der Waals surface area contributed by atoms with Gasteiger partial charge in [0.25, 0.3) is 5.91 Å². The second-order valence-electron chi connectivity index (χ2n) is 8.36. The van der Waals surface area contributed by atoms with Crippen LogP contribution in [-0.4, -0.2) is 28.7 Å². The molecule has 1 amide bonds. The van der Waals surface area contributed by atoms with Gasteiger partial charge in [0.2, 0.25) is 0 Å². The SMILES string of the molecule is Cc1cn([C@@](C)(CC2CC2)NC(=O)c2ccc(C3CC3)c(OCCF)c2)cn1. The van der Waals surface area contributed by atoms with E-state index in [9.17, 15) is 9.18 Å². The summed E-state index contributed by atoms with van der Waals surface area (Å²) in [6.45, 7) is 3.46. The molecular formula is C22H28FN3O2. The summed E-state index contributed by atoms with van der Waals surface area (Å²) in [6.07, 6.45) is 9.28. The van der Waals surface area contributed by atoms with E-state index in [4.69, 9.17) is 4.74 Å². The van der Waals surface area contributed by atoms with Crippen molar-refractivity contribution in [1.82, 2.24) is 14.9 Å². The Kier molecular flexibility index (Phi) is 5.13. The van der Waals surface area contributed by atoms with Crippen LogP contribution in [0.4, 0.5) is 4.39 Å². The number of hydrogen-bond donors (Lipinski definition) is 1. The number of alkyl halides is 1. The zero-order valence-electron chi connectivity index (χ0n) is 16.6. The number of nitrogens with zero attached hydrogens (tertiary/aromatic N) is 2. The summed E-state index contributed by atoms with van der Waals surface area (Å²) in [5, 5.41) is 3.21. The predicted molar refractivity (Wildman–Crippen MR) is 105 cm³/mol. The first-order valence-electron chi connectivity index (χ1n) is 10.1. The molecule has 0 aliphatic heterocycles. The van der Waals surface area contributed by atoms with Crippen molar-refractivity contribution >= 4 is 5.91 Å². The van der Waals surface area contributed by atoms with E-state index in [1.165, 1.54) is 12.8 Å². The second-order valence-corrected chi connectivity index (χ2v) is 8.36. The number of hydrogen-bond acceptors (Lipinski definition) is 3. The first-order chi connectivity index (χ1) is 13.5. The van der Waals surface area contributed by atoms with Crippen LogP contribution >= 0.6 is 0 Å². The van der Waals surface area contributed by atoms with E-state index in [1.54, 1.807) is 12.4 Å². The van der Waals surface area contributed by atoms with Gasteiger partial charge < -0.3 is 14.6 Å². The van der Waals surface area contributed by atoms with Crippen molar-refractivity contribution in [3.63, 3.8) is 0 Å². The Labute approximate surface area is 165 Å². The zero-order chi connectivity index (χ0) is 19.7. The minimum atomic E-state index is -0.542. The number of carbonyl (C=O) groups is 1. The van der Waals surface area contributed by atoms with Gasteiger partial charge in [0.15, 0.2) is 0 Å². The van der Waals surface area contributed by atoms with Crippen LogP contribution in [0.15, 0.2) is 30.7 Å². The van der Waals surface area contributed by atoms with Crippen LogP contribution in [0.3, 0.4) is 0 Å². The van der Waals surface area contributed by atoms with Crippen molar-refractivity contribution in [2.75, 3.05) is 13.3 Å². The number of halogens is 1. The molecule has 1 atom stereocenters. The van der Waals surface area contributed by atoms with Crippen LogP contribution in [0.25, 0.3) is 0 Å².